The maximum Gasteiger partial charge on any atom is 0.340 e. The van der Waals surface area contributed by atoms with Gasteiger partial charge in [-0.3, -0.25) is 9.59 Å². The van der Waals surface area contributed by atoms with Crippen molar-refractivity contribution in [3.05, 3.63) is 101 Å². The summed E-state index contributed by atoms with van der Waals surface area (Å²) in [7, 11) is 0. The van der Waals surface area contributed by atoms with Crippen molar-refractivity contribution in [2.45, 2.75) is 0 Å². The van der Waals surface area contributed by atoms with E-state index >= 15 is 0 Å². The summed E-state index contributed by atoms with van der Waals surface area (Å²) in [6.45, 7) is -0.474. The topological polar surface area (TPSA) is 76.6 Å². The average molecular weight is 443 g/mol. The third kappa shape index (κ3) is 3.40. The smallest absolute Gasteiger partial charge is 0.340 e. The number of amides is 2. The van der Waals surface area contributed by atoms with Gasteiger partial charge in [0.05, 0.1) is 27.9 Å². The van der Waals surface area contributed by atoms with Crippen molar-refractivity contribution in [2.75, 3.05) is 6.73 Å². The van der Waals surface area contributed by atoms with E-state index in [0.717, 1.165) is 10.5 Å². The van der Waals surface area contributed by atoms with Crippen LogP contribution in [0.25, 0.3) is 22.2 Å². The van der Waals surface area contributed by atoms with Crippen molar-refractivity contribution in [2.24, 2.45) is 0 Å². The molecule has 4 aromatic rings. The molecule has 32 heavy (non-hydrogen) atoms. The van der Waals surface area contributed by atoms with Gasteiger partial charge in [-0.05, 0) is 36.4 Å². The highest BCUT2D eigenvalue weighted by molar-refractivity contribution is 6.30. The molecule has 156 valence electrons. The van der Waals surface area contributed by atoms with Crippen molar-refractivity contribution < 1.29 is 19.1 Å². The Morgan fingerprint density at radius 3 is 2.19 bits per heavy atom. The van der Waals surface area contributed by atoms with Crippen molar-refractivity contribution >= 4 is 40.3 Å². The third-order valence-corrected chi connectivity index (χ3v) is 5.53. The van der Waals surface area contributed by atoms with Crippen LogP contribution in [0.1, 0.15) is 31.1 Å². The molecule has 5 rings (SSSR count). The van der Waals surface area contributed by atoms with Crippen LogP contribution in [-0.2, 0) is 4.74 Å². The number of esters is 1. The van der Waals surface area contributed by atoms with Gasteiger partial charge in [-0.15, -0.1) is 0 Å². The normalized spacial score (nSPS) is 12.8. The molecule has 0 saturated heterocycles. The van der Waals surface area contributed by atoms with Crippen LogP contribution in [0, 0.1) is 0 Å². The number of imide groups is 1. The lowest BCUT2D eigenvalue weighted by molar-refractivity contribution is 0.0229. The number of hydrogen-bond acceptors (Lipinski definition) is 5. The number of carbonyl (C=O) groups is 3. The molecular formula is C25H15ClN2O4. The van der Waals surface area contributed by atoms with Gasteiger partial charge in [0.15, 0.2) is 6.73 Å². The van der Waals surface area contributed by atoms with Gasteiger partial charge < -0.3 is 4.74 Å². The summed E-state index contributed by atoms with van der Waals surface area (Å²) in [6, 6.07) is 22.5. The molecule has 0 unspecified atom stereocenters. The molecule has 3 aromatic carbocycles. The second-order valence-electron chi connectivity index (χ2n) is 7.22. The van der Waals surface area contributed by atoms with Crippen LogP contribution in [0.5, 0.6) is 0 Å². The molecule has 0 radical (unpaired) electrons. The number of fused-ring (bicyclic) bond motifs is 2. The zero-order valence-electron chi connectivity index (χ0n) is 16.6. The fourth-order valence-electron chi connectivity index (χ4n) is 3.67. The molecule has 2 heterocycles. The Labute approximate surface area is 188 Å². The Balaban J connectivity index is 1.45. The van der Waals surface area contributed by atoms with Gasteiger partial charge in [-0.2, -0.15) is 0 Å². The Hall–Kier alpha value is -4.03. The number of halogens is 1. The minimum absolute atomic E-state index is 0.289. The van der Waals surface area contributed by atoms with E-state index in [-0.39, 0.29) is 5.56 Å². The minimum atomic E-state index is -0.657. The van der Waals surface area contributed by atoms with E-state index in [9.17, 15) is 14.4 Å². The lowest BCUT2D eigenvalue weighted by Gasteiger charge is -2.15. The van der Waals surface area contributed by atoms with Gasteiger partial charge in [0.1, 0.15) is 0 Å². The Kier molecular flexibility index (Phi) is 4.92. The standard InChI is InChI=1S/C25H15ClN2O4/c26-16-11-9-15(10-12-16)22-13-20(17-5-3-4-8-21(17)27-22)25(31)32-14-28-23(29)18-6-1-2-7-19(18)24(28)30/h1-13H,14H2. The molecule has 0 N–H and O–H groups in total. The quantitative estimate of drug-likeness (QED) is 0.329. The number of ether oxygens (including phenoxy) is 1. The molecule has 1 aromatic heterocycles. The minimum Gasteiger partial charge on any atom is -0.440 e. The molecule has 0 aliphatic carbocycles. The fraction of sp³-hybridized carbons (Fsp3) is 0.0400. The Morgan fingerprint density at radius 1 is 0.875 bits per heavy atom. The number of aromatic nitrogens is 1. The van der Waals surface area contributed by atoms with E-state index in [4.69, 9.17) is 16.3 Å². The molecule has 0 saturated carbocycles. The second kappa shape index (κ2) is 7.90. The predicted octanol–water partition coefficient (Wildman–Crippen LogP) is 4.97. The number of pyridine rings is 1. The first kappa shape index (κ1) is 19.9. The number of hydrogen-bond donors (Lipinski definition) is 0. The highest BCUT2D eigenvalue weighted by atomic mass is 35.5. The number of carbonyl (C=O) groups excluding carboxylic acids is 3. The Morgan fingerprint density at radius 2 is 1.50 bits per heavy atom. The molecule has 1 aliphatic heterocycles. The first-order valence-corrected chi connectivity index (χ1v) is 10.2. The molecule has 0 fully saturated rings. The molecule has 0 atom stereocenters. The highest BCUT2D eigenvalue weighted by Crippen LogP contribution is 2.27. The number of para-hydroxylation sites is 1. The predicted molar refractivity (Wildman–Crippen MR) is 119 cm³/mol. The van der Waals surface area contributed by atoms with Crippen LogP contribution in [0.15, 0.2) is 78.9 Å². The summed E-state index contributed by atoms with van der Waals surface area (Å²) >= 11 is 5.98. The van der Waals surface area contributed by atoms with Crippen molar-refractivity contribution in [1.29, 1.82) is 0 Å². The molecule has 6 nitrogen and oxygen atoms in total. The van der Waals surface area contributed by atoms with E-state index in [0.29, 0.717) is 32.7 Å². The van der Waals surface area contributed by atoms with Crippen LogP contribution in [0.3, 0.4) is 0 Å². The van der Waals surface area contributed by atoms with Crippen molar-refractivity contribution in [1.82, 2.24) is 9.88 Å². The molecule has 0 spiro atoms. The third-order valence-electron chi connectivity index (χ3n) is 5.28. The van der Waals surface area contributed by atoms with Gasteiger partial charge in [0, 0.05) is 16.0 Å². The van der Waals surface area contributed by atoms with Gasteiger partial charge >= 0.3 is 5.97 Å². The van der Waals surface area contributed by atoms with Gasteiger partial charge in [0.25, 0.3) is 11.8 Å². The highest BCUT2D eigenvalue weighted by Gasteiger charge is 2.36. The summed E-state index contributed by atoms with van der Waals surface area (Å²) in [6.07, 6.45) is 0. The first-order chi connectivity index (χ1) is 15.5. The molecular weight excluding hydrogens is 428 g/mol. The largest absolute Gasteiger partial charge is 0.440 e. The molecule has 2 amide bonds. The second-order valence-corrected chi connectivity index (χ2v) is 7.66. The zero-order valence-corrected chi connectivity index (χ0v) is 17.4. The van der Waals surface area contributed by atoms with E-state index in [1.165, 1.54) is 0 Å². The number of benzene rings is 3. The van der Waals surface area contributed by atoms with Gasteiger partial charge in [-0.1, -0.05) is 54.1 Å². The lowest BCUT2D eigenvalue weighted by atomic mass is 10.0. The number of nitrogens with zero attached hydrogens (tertiary/aromatic N) is 2. The molecule has 7 heteroatoms. The van der Waals surface area contributed by atoms with Crippen LogP contribution in [-0.4, -0.2) is 34.4 Å². The summed E-state index contributed by atoms with van der Waals surface area (Å²) in [5.41, 5.74) is 2.87. The zero-order chi connectivity index (χ0) is 22.2. The Bertz CT molecular complexity index is 1360. The van der Waals surface area contributed by atoms with E-state index in [1.807, 2.05) is 18.2 Å². The maximum absolute atomic E-state index is 13.0. The first-order valence-electron chi connectivity index (χ1n) is 9.81. The lowest BCUT2D eigenvalue weighted by Crippen LogP contribution is -2.33. The summed E-state index contributed by atoms with van der Waals surface area (Å²) in [5.74, 6) is -1.63. The van der Waals surface area contributed by atoms with Crippen LogP contribution in [0.2, 0.25) is 5.02 Å². The number of rotatable bonds is 4. The van der Waals surface area contributed by atoms with Crippen molar-refractivity contribution in [3.8, 4) is 11.3 Å². The van der Waals surface area contributed by atoms with Gasteiger partial charge in [-0.25, -0.2) is 14.7 Å². The summed E-state index contributed by atoms with van der Waals surface area (Å²) < 4.78 is 5.40. The fourth-order valence-corrected chi connectivity index (χ4v) is 3.80. The SMILES string of the molecule is O=C(OCN1C(=O)c2ccccc2C1=O)c1cc(-c2ccc(Cl)cc2)nc2ccccc12. The van der Waals surface area contributed by atoms with E-state index in [1.54, 1.807) is 60.7 Å². The van der Waals surface area contributed by atoms with Gasteiger partial charge in [0.2, 0.25) is 0 Å². The maximum atomic E-state index is 13.0. The summed E-state index contributed by atoms with van der Waals surface area (Å²) in [4.78, 5) is 43.6. The van der Waals surface area contributed by atoms with E-state index < -0.39 is 24.5 Å². The molecule has 1 aliphatic rings. The molecule has 0 bridgehead atoms. The van der Waals surface area contributed by atoms with E-state index in [2.05, 4.69) is 4.98 Å². The monoisotopic (exact) mass is 442 g/mol. The average Bonchev–Trinajstić information content (AvgIpc) is 3.07. The van der Waals surface area contributed by atoms with Crippen molar-refractivity contribution in [3.63, 3.8) is 0 Å². The summed E-state index contributed by atoms with van der Waals surface area (Å²) in [5, 5.41) is 1.20. The van der Waals surface area contributed by atoms with Crippen LogP contribution >= 0.6 is 11.6 Å². The van der Waals surface area contributed by atoms with Crippen LogP contribution < -0.4 is 0 Å². The van der Waals surface area contributed by atoms with Crippen LogP contribution in [0.4, 0.5) is 0 Å².